The molecule has 0 aliphatic heterocycles. The first-order chi connectivity index (χ1) is 12.3. The average Bonchev–Trinajstić information content (AvgIpc) is 2.94. The smallest absolute Gasteiger partial charge is 0.212 e. The maximum absolute atomic E-state index is 12.8. The van der Waals surface area contributed by atoms with Crippen LogP contribution in [0.15, 0.2) is 42.5 Å². The second-order valence-corrected chi connectivity index (χ2v) is 10.2. The van der Waals surface area contributed by atoms with Gasteiger partial charge in [-0.05, 0) is 40.5 Å². The molecule has 5 heteroatoms. The third kappa shape index (κ3) is 2.60. The van der Waals surface area contributed by atoms with Crippen LogP contribution in [0.2, 0.25) is 0 Å². The summed E-state index contributed by atoms with van der Waals surface area (Å²) in [7, 11) is -3.55. The van der Waals surface area contributed by atoms with Gasteiger partial charge in [0.05, 0.1) is 5.75 Å². The van der Waals surface area contributed by atoms with Crippen molar-refractivity contribution in [3.8, 4) is 0 Å². The fourth-order valence-corrected chi connectivity index (χ4v) is 6.92. The van der Waals surface area contributed by atoms with Gasteiger partial charge in [0.15, 0.2) is 0 Å². The predicted molar refractivity (Wildman–Crippen MR) is 103 cm³/mol. The van der Waals surface area contributed by atoms with Gasteiger partial charge in [-0.1, -0.05) is 56.3 Å². The summed E-state index contributed by atoms with van der Waals surface area (Å²) in [6.45, 7) is 4.38. The van der Waals surface area contributed by atoms with Crippen LogP contribution in [0.25, 0.3) is 10.8 Å². The van der Waals surface area contributed by atoms with Crippen molar-refractivity contribution < 1.29 is 13.2 Å². The SMILES string of the molecule is CC1(C)C2CCC1(CS(=O)(=O)NCc1cccc3ccccc13)C(=O)C2. The topological polar surface area (TPSA) is 63.2 Å². The van der Waals surface area contributed by atoms with Crippen LogP contribution in [0, 0.1) is 16.7 Å². The zero-order valence-corrected chi connectivity index (χ0v) is 16.1. The molecule has 2 aromatic rings. The number of carbonyl (C=O) groups is 1. The number of hydrogen-bond acceptors (Lipinski definition) is 3. The number of sulfonamides is 1. The van der Waals surface area contributed by atoms with Gasteiger partial charge in [-0.3, -0.25) is 4.79 Å². The van der Waals surface area contributed by atoms with Gasteiger partial charge in [-0.2, -0.15) is 0 Å². The van der Waals surface area contributed by atoms with Crippen LogP contribution >= 0.6 is 0 Å². The maximum atomic E-state index is 12.8. The molecule has 0 heterocycles. The Kier molecular flexibility index (Phi) is 4.01. The average molecular weight is 372 g/mol. The molecule has 2 bridgehead atoms. The largest absolute Gasteiger partial charge is 0.299 e. The van der Waals surface area contributed by atoms with Crippen molar-refractivity contribution in [1.29, 1.82) is 0 Å². The zero-order valence-electron chi connectivity index (χ0n) is 15.3. The van der Waals surface area contributed by atoms with E-state index in [1.807, 2.05) is 42.5 Å². The quantitative estimate of drug-likeness (QED) is 0.872. The Balaban J connectivity index is 1.56. The van der Waals surface area contributed by atoms with E-state index < -0.39 is 15.4 Å². The second kappa shape index (κ2) is 5.89. The standard InChI is InChI=1S/C21H25NO3S/c1-20(2)17-10-11-21(20,19(23)12-17)14-26(24,25)22-13-16-8-5-7-15-6-3-4-9-18(15)16/h3-9,17,22H,10-14H2,1-2H3. The first-order valence-corrected chi connectivity index (χ1v) is 10.9. The Bertz CT molecular complexity index is 974. The monoisotopic (exact) mass is 371 g/mol. The maximum Gasteiger partial charge on any atom is 0.212 e. The van der Waals surface area contributed by atoms with Crippen LogP contribution in [-0.4, -0.2) is 20.0 Å². The lowest BCUT2D eigenvalue weighted by Crippen LogP contribution is -2.45. The fraction of sp³-hybridized carbons (Fsp3) is 0.476. The molecule has 138 valence electrons. The van der Waals surface area contributed by atoms with E-state index in [1.54, 1.807) is 0 Å². The minimum Gasteiger partial charge on any atom is -0.299 e. The van der Waals surface area contributed by atoms with Gasteiger partial charge in [-0.15, -0.1) is 0 Å². The van der Waals surface area contributed by atoms with E-state index in [4.69, 9.17) is 0 Å². The summed E-state index contributed by atoms with van der Waals surface area (Å²) in [6, 6.07) is 13.9. The molecule has 0 amide bonds. The molecule has 2 aliphatic rings. The van der Waals surface area contributed by atoms with Crippen LogP contribution in [0.3, 0.4) is 0 Å². The third-order valence-electron chi connectivity index (χ3n) is 6.94. The molecule has 2 saturated carbocycles. The minimum absolute atomic E-state index is 0.0902. The summed E-state index contributed by atoms with van der Waals surface area (Å²) in [4.78, 5) is 12.6. The van der Waals surface area contributed by atoms with Crippen LogP contribution in [-0.2, 0) is 21.4 Å². The molecule has 0 aromatic heterocycles. The number of Topliss-reactive ketones (excluding diaryl/α,β-unsaturated/α-hetero) is 1. The number of hydrogen-bond donors (Lipinski definition) is 1. The molecule has 2 aliphatic carbocycles. The van der Waals surface area contributed by atoms with Crippen molar-refractivity contribution in [3.05, 3.63) is 48.0 Å². The highest BCUT2D eigenvalue weighted by molar-refractivity contribution is 7.89. The summed E-state index contributed by atoms with van der Waals surface area (Å²) < 4.78 is 28.4. The first-order valence-electron chi connectivity index (χ1n) is 9.22. The van der Waals surface area contributed by atoms with Crippen molar-refractivity contribution in [2.24, 2.45) is 16.7 Å². The number of benzene rings is 2. The Morgan fingerprint density at radius 2 is 1.85 bits per heavy atom. The fourth-order valence-electron chi connectivity index (χ4n) is 5.12. The summed E-state index contributed by atoms with van der Waals surface area (Å²) in [6.07, 6.45) is 2.18. The van der Waals surface area contributed by atoms with Crippen molar-refractivity contribution in [2.45, 2.75) is 39.7 Å². The normalized spacial score (nSPS) is 27.3. The van der Waals surface area contributed by atoms with E-state index in [2.05, 4.69) is 18.6 Å². The van der Waals surface area contributed by atoms with E-state index >= 15 is 0 Å². The van der Waals surface area contributed by atoms with Gasteiger partial charge in [0.2, 0.25) is 10.0 Å². The molecule has 26 heavy (non-hydrogen) atoms. The van der Waals surface area contributed by atoms with Gasteiger partial charge >= 0.3 is 0 Å². The van der Waals surface area contributed by atoms with Gasteiger partial charge in [-0.25, -0.2) is 13.1 Å². The molecule has 0 spiro atoms. The zero-order chi connectivity index (χ0) is 18.6. The van der Waals surface area contributed by atoms with Gasteiger partial charge < -0.3 is 0 Å². The number of nitrogens with one attached hydrogen (secondary N) is 1. The molecular weight excluding hydrogens is 346 g/mol. The lowest BCUT2D eigenvalue weighted by atomic mass is 9.70. The van der Waals surface area contributed by atoms with Crippen molar-refractivity contribution in [2.75, 3.05) is 5.75 Å². The molecule has 0 radical (unpaired) electrons. The van der Waals surface area contributed by atoms with Gasteiger partial charge in [0.1, 0.15) is 5.78 Å². The lowest BCUT2D eigenvalue weighted by molar-refractivity contribution is -0.128. The highest BCUT2D eigenvalue weighted by atomic mass is 32.2. The molecule has 1 N–H and O–H groups in total. The van der Waals surface area contributed by atoms with Crippen LogP contribution < -0.4 is 4.72 Å². The van der Waals surface area contributed by atoms with E-state index in [0.717, 1.165) is 22.8 Å². The Morgan fingerprint density at radius 1 is 1.12 bits per heavy atom. The number of rotatable bonds is 5. The van der Waals surface area contributed by atoms with Gasteiger partial charge in [0, 0.05) is 18.4 Å². The summed E-state index contributed by atoms with van der Waals surface area (Å²) in [5.74, 6) is 0.366. The third-order valence-corrected chi connectivity index (χ3v) is 8.40. The molecular formula is C21H25NO3S. The van der Waals surface area contributed by atoms with Crippen molar-refractivity contribution in [1.82, 2.24) is 4.72 Å². The minimum atomic E-state index is -3.55. The number of ketones is 1. The lowest BCUT2D eigenvalue weighted by Gasteiger charge is -2.36. The number of carbonyl (C=O) groups excluding carboxylic acids is 1. The Hall–Kier alpha value is -1.72. The van der Waals surface area contributed by atoms with Crippen LogP contribution in [0.4, 0.5) is 0 Å². The van der Waals surface area contributed by atoms with Gasteiger partial charge in [0.25, 0.3) is 0 Å². The van der Waals surface area contributed by atoms with Crippen molar-refractivity contribution in [3.63, 3.8) is 0 Å². The van der Waals surface area contributed by atoms with E-state index in [-0.39, 0.29) is 23.5 Å². The Morgan fingerprint density at radius 3 is 2.54 bits per heavy atom. The molecule has 2 fully saturated rings. The van der Waals surface area contributed by atoms with E-state index in [1.165, 1.54) is 0 Å². The summed E-state index contributed by atoms with van der Waals surface area (Å²) in [5.41, 5.74) is -0.00828. The number of fused-ring (bicyclic) bond motifs is 3. The highest BCUT2D eigenvalue weighted by Crippen LogP contribution is 2.64. The molecule has 2 unspecified atom stereocenters. The van der Waals surface area contributed by atoms with Crippen molar-refractivity contribution >= 4 is 26.6 Å². The van der Waals surface area contributed by atoms with Crippen LogP contribution in [0.5, 0.6) is 0 Å². The van der Waals surface area contributed by atoms with E-state index in [9.17, 15) is 13.2 Å². The summed E-state index contributed by atoms with van der Waals surface area (Å²) in [5, 5.41) is 2.14. The summed E-state index contributed by atoms with van der Waals surface area (Å²) >= 11 is 0. The highest BCUT2D eigenvalue weighted by Gasteiger charge is 2.65. The second-order valence-electron chi connectivity index (χ2n) is 8.39. The predicted octanol–water partition coefficient (Wildman–Crippen LogP) is 3.65. The van der Waals surface area contributed by atoms with E-state index in [0.29, 0.717) is 18.8 Å². The molecule has 2 aromatic carbocycles. The molecule has 4 rings (SSSR count). The van der Waals surface area contributed by atoms with Crippen LogP contribution in [0.1, 0.15) is 38.7 Å². The molecule has 2 atom stereocenters. The first kappa shape index (κ1) is 17.7. The molecule has 4 nitrogen and oxygen atoms in total. The molecule has 0 saturated heterocycles. The Labute approximate surface area is 155 Å².